The SMILES string of the molecule is Cc1ccc(N2C(=O)c3cccc4c(N(C)C)ccc(c34)C2=O)cc1NC(=O)Nc1cc(N2C(=O)c3cccc4c(N(C)C)ccc(c34)C2=O)ccc1C. The zero-order chi connectivity index (χ0) is 38.2. The third kappa shape index (κ3) is 5.23. The van der Waals surface area contributed by atoms with Crippen LogP contribution in [0.3, 0.4) is 0 Å². The smallest absolute Gasteiger partial charge is 0.323 e. The van der Waals surface area contributed by atoms with Crippen LogP contribution in [0.1, 0.15) is 52.6 Å². The van der Waals surface area contributed by atoms with Crippen molar-refractivity contribution in [2.75, 3.05) is 58.4 Å². The van der Waals surface area contributed by atoms with Crippen LogP contribution in [0.4, 0.5) is 38.9 Å². The molecule has 2 aliphatic rings. The Morgan fingerprint density at radius 2 is 0.870 bits per heavy atom. The maximum Gasteiger partial charge on any atom is 0.323 e. The van der Waals surface area contributed by atoms with Gasteiger partial charge in [-0.1, -0.05) is 36.4 Å². The first-order valence-electron chi connectivity index (χ1n) is 17.4. The zero-order valence-corrected chi connectivity index (χ0v) is 30.6. The molecule has 6 aromatic rings. The lowest BCUT2D eigenvalue weighted by Crippen LogP contribution is -2.40. The van der Waals surface area contributed by atoms with Crippen LogP contribution in [0.2, 0.25) is 0 Å². The van der Waals surface area contributed by atoms with E-state index >= 15 is 0 Å². The summed E-state index contributed by atoms with van der Waals surface area (Å²) in [6.07, 6.45) is 0. The van der Waals surface area contributed by atoms with Gasteiger partial charge in [0, 0.05) is 94.7 Å². The molecule has 2 N–H and O–H groups in total. The summed E-state index contributed by atoms with van der Waals surface area (Å²) >= 11 is 0. The topological polar surface area (TPSA) is 122 Å². The van der Waals surface area contributed by atoms with Crippen molar-refractivity contribution in [3.63, 3.8) is 0 Å². The molecule has 0 atom stereocenters. The fourth-order valence-electron chi connectivity index (χ4n) is 7.45. The van der Waals surface area contributed by atoms with E-state index in [1.807, 2.05) is 62.3 Å². The first-order chi connectivity index (χ1) is 25.8. The third-order valence-electron chi connectivity index (χ3n) is 10.2. The molecule has 11 nitrogen and oxygen atoms in total. The molecule has 268 valence electrons. The summed E-state index contributed by atoms with van der Waals surface area (Å²) in [6.45, 7) is 3.61. The van der Waals surface area contributed by atoms with Crippen LogP contribution in [0.25, 0.3) is 21.5 Å². The first kappa shape index (κ1) is 34.1. The molecular formula is C43H36N6O5. The number of hydrogen-bond donors (Lipinski definition) is 2. The number of nitrogens with one attached hydrogen (secondary N) is 2. The number of urea groups is 1. The van der Waals surface area contributed by atoms with Crippen LogP contribution >= 0.6 is 0 Å². The highest BCUT2D eigenvalue weighted by molar-refractivity contribution is 6.37. The molecule has 2 heterocycles. The minimum absolute atomic E-state index is 0.304. The van der Waals surface area contributed by atoms with Gasteiger partial charge in [0.05, 0.1) is 11.4 Å². The summed E-state index contributed by atoms with van der Waals surface area (Å²) in [5.41, 5.74) is 6.23. The van der Waals surface area contributed by atoms with Gasteiger partial charge in [0.15, 0.2) is 0 Å². The van der Waals surface area contributed by atoms with E-state index < -0.39 is 29.7 Å². The second kappa shape index (κ2) is 12.6. The van der Waals surface area contributed by atoms with E-state index in [0.29, 0.717) is 66.9 Å². The summed E-state index contributed by atoms with van der Waals surface area (Å²) in [5.74, 6) is -1.84. The molecule has 2 aliphatic heterocycles. The molecule has 8 rings (SSSR count). The zero-order valence-electron chi connectivity index (χ0n) is 30.6. The number of nitrogens with zero attached hydrogens (tertiary/aromatic N) is 4. The number of carbonyl (C=O) groups excluding carboxylic acids is 5. The average Bonchev–Trinajstić information content (AvgIpc) is 3.14. The molecule has 0 radical (unpaired) electrons. The molecular weight excluding hydrogens is 681 g/mol. The fourth-order valence-corrected chi connectivity index (χ4v) is 7.45. The largest absolute Gasteiger partial charge is 0.377 e. The molecule has 0 aliphatic carbocycles. The summed E-state index contributed by atoms with van der Waals surface area (Å²) in [6, 6.07) is 27.5. The quantitative estimate of drug-likeness (QED) is 0.168. The van der Waals surface area contributed by atoms with Crippen molar-refractivity contribution in [2.45, 2.75) is 13.8 Å². The van der Waals surface area contributed by atoms with Gasteiger partial charge in [0.25, 0.3) is 23.6 Å². The molecule has 0 saturated heterocycles. The highest BCUT2D eigenvalue weighted by Gasteiger charge is 2.36. The fraction of sp³-hybridized carbons (Fsp3) is 0.140. The van der Waals surface area contributed by atoms with Crippen molar-refractivity contribution in [1.82, 2.24) is 0 Å². The van der Waals surface area contributed by atoms with Crippen LogP contribution in [-0.4, -0.2) is 57.9 Å². The number of anilines is 6. The Balaban J connectivity index is 1.06. The van der Waals surface area contributed by atoms with Crippen molar-refractivity contribution in [3.05, 3.63) is 130 Å². The molecule has 0 aromatic heterocycles. The molecule has 11 heteroatoms. The number of imide groups is 2. The van der Waals surface area contributed by atoms with Crippen LogP contribution < -0.4 is 30.2 Å². The Bertz CT molecular complexity index is 2440. The number of rotatable bonds is 6. The number of benzene rings is 6. The Morgan fingerprint density at radius 3 is 1.24 bits per heavy atom. The van der Waals surface area contributed by atoms with Crippen molar-refractivity contribution in [3.8, 4) is 0 Å². The van der Waals surface area contributed by atoms with E-state index in [-0.39, 0.29) is 0 Å². The highest BCUT2D eigenvalue weighted by Crippen LogP contribution is 2.39. The van der Waals surface area contributed by atoms with E-state index in [2.05, 4.69) is 10.6 Å². The van der Waals surface area contributed by atoms with Crippen molar-refractivity contribution < 1.29 is 24.0 Å². The Labute approximate surface area is 311 Å². The normalized spacial score (nSPS) is 13.5. The second-order valence-electron chi connectivity index (χ2n) is 14.0. The van der Waals surface area contributed by atoms with E-state index in [0.717, 1.165) is 31.9 Å². The monoisotopic (exact) mass is 716 g/mol. The highest BCUT2D eigenvalue weighted by atomic mass is 16.2. The van der Waals surface area contributed by atoms with Crippen LogP contribution in [0.15, 0.2) is 97.1 Å². The van der Waals surface area contributed by atoms with Crippen LogP contribution in [0, 0.1) is 13.8 Å². The van der Waals surface area contributed by atoms with Gasteiger partial charge < -0.3 is 20.4 Å². The van der Waals surface area contributed by atoms with E-state index in [4.69, 9.17) is 0 Å². The molecule has 0 fully saturated rings. The number of hydrogen-bond acceptors (Lipinski definition) is 7. The van der Waals surface area contributed by atoms with E-state index in [1.165, 1.54) is 0 Å². The van der Waals surface area contributed by atoms with Crippen LogP contribution in [0.5, 0.6) is 0 Å². The van der Waals surface area contributed by atoms with Gasteiger partial charge in [-0.05, 0) is 85.6 Å². The molecule has 6 aromatic carbocycles. The van der Waals surface area contributed by atoms with Gasteiger partial charge in [0.2, 0.25) is 0 Å². The van der Waals surface area contributed by atoms with Gasteiger partial charge in [0.1, 0.15) is 0 Å². The van der Waals surface area contributed by atoms with E-state index in [9.17, 15) is 24.0 Å². The van der Waals surface area contributed by atoms with Gasteiger partial charge in [-0.15, -0.1) is 0 Å². The van der Waals surface area contributed by atoms with Gasteiger partial charge in [-0.25, -0.2) is 14.6 Å². The van der Waals surface area contributed by atoms with Crippen LogP contribution in [-0.2, 0) is 0 Å². The molecule has 6 amide bonds. The summed E-state index contributed by atoms with van der Waals surface area (Å²) in [7, 11) is 7.64. The standard InChI is InChI=1S/C43H36N6O5/c1-23-13-15-25(48-39(50)29-11-7-9-27-35(46(3)4)19-17-31(37(27)29)41(48)52)21-33(23)44-43(54)45-34-22-26(16-14-24(34)2)49-40(51)30-12-8-10-28-36(47(5)6)20-18-32(38(28)30)42(49)53/h7-22H,1-6H3,(H2,44,45,54). The van der Waals surface area contributed by atoms with Gasteiger partial charge >= 0.3 is 6.03 Å². The maximum atomic E-state index is 13.9. The molecule has 0 saturated carbocycles. The van der Waals surface area contributed by atoms with Crippen molar-refractivity contribution in [1.29, 1.82) is 0 Å². The first-order valence-corrected chi connectivity index (χ1v) is 17.4. The molecule has 54 heavy (non-hydrogen) atoms. The predicted molar refractivity (Wildman–Crippen MR) is 214 cm³/mol. The minimum atomic E-state index is -0.597. The Morgan fingerprint density at radius 1 is 0.500 bits per heavy atom. The summed E-state index contributed by atoms with van der Waals surface area (Å²) in [4.78, 5) is 75.3. The lowest BCUT2D eigenvalue weighted by Gasteiger charge is -2.29. The predicted octanol–water partition coefficient (Wildman–Crippen LogP) is 7.99. The Hall–Kier alpha value is -7.01. The molecule has 0 bridgehead atoms. The van der Waals surface area contributed by atoms with E-state index in [1.54, 1.807) is 86.6 Å². The minimum Gasteiger partial charge on any atom is -0.377 e. The second-order valence-corrected chi connectivity index (χ2v) is 14.0. The molecule has 0 spiro atoms. The lowest BCUT2D eigenvalue weighted by molar-refractivity contribution is 0.0877. The lowest BCUT2D eigenvalue weighted by atomic mass is 9.92. The number of aryl methyl sites for hydroxylation is 2. The number of carbonyl (C=O) groups is 5. The third-order valence-corrected chi connectivity index (χ3v) is 10.2. The molecule has 0 unspecified atom stereocenters. The van der Waals surface area contributed by atoms with Gasteiger partial charge in [-0.2, -0.15) is 0 Å². The Kier molecular flexibility index (Phi) is 7.95. The average molecular weight is 717 g/mol. The maximum absolute atomic E-state index is 13.9. The summed E-state index contributed by atoms with van der Waals surface area (Å²) in [5, 5.41) is 8.57. The summed E-state index contributed by atoms with van der Waals surface area (Å²) < 4.78 is 0. The van der Waals surface area contributed by atoms with Crippen molar-refractivity contribution in [2.24, 2.45) is 0 Å². The van der Waals surface area contributed by atoms with Crippen molar-refractivity contribution >= 4 is 85.3 Å². The number of amides is 6. The van der Waals surface area contributed by atoms with Gasteiger partial charge in [-0.3, -0.25) is 19.2 Å².